The number of nitro groups is 2. The molecule has 12 nitrogen and oxygen atoms in total. The van der Waals surface area contributed by atoms with Gasteiger partial charge in [0.15, 0.2) is 0 Å². The lowest BCUT2D eigenvalue weighted by atomic mass is 10.1. The van der Waals surface area contributed by atoms with Gasteiger partial charge in [-0.2, -0.15) is 5.10 Å². The van der Waals surface area contributed by atoms with Crippen molar-refractivity contribution >= 4 is 29.4 Å². The average molecular weight is 405 g/mol. The van der Waals surface area contributed by atoms with Crippen molar-refractivity contribution < 1.29 is 28.9 Å². The van der Waals surface area contributed by atoms with Gasteiger partial charge in [0.25, 0.3) is 17.5 Å². The van der Waals surface area contributed by atoms with E-state index in [4.69, 9.17) is 0 Å². The van der Waals surface area contributed by atoms with Gasteiger partial charge in [-0.05, 0) is 18.2 Å². The second kappa shape index (κ2) is 8.98. The summed E-state index contributed by atoms with van der Waals surface area (Å²) >= 11 is 0. The molecule has 0 radical (unpaired) electrons. The van der Waals surface area contributed by atoms with E-state index in [1.54, 1.807) is 0 Å². The predicted octanol–water partition coefficient (Wildman–Crippen LogP) is 1.23. The number of nitro benzene ring substituents is 2. The zero-order valence-corrected chi connectivity index (χ0v) is 14.4. The molecule has 29 heavy (non-hydrogen) atoms. The molecule has 0 bridgehead atoms. The zero-order valence-electron chi connectivity index (χ0n) is 14.4. The first-order valence-corrected chi connectivity index (χ1v) is 7.70. The van der Waals surface area contributed by atoms with Gasteiger partial charge in [-0.1, -0.05) is 6.07 Å². The molecule has 0 heterocycles. The number of non-ortho nitro benzene ring substituents is 1. The number of phenols is 1. The number of halogens is 1. The lowest BCUT2D eigenvalue weighted by Crippen LogP contribution is -2.34. The van der Waals surface area contributed by atoms with Gasteiger partial charge in [-0.25, -0.2) is 9.82 Å². The Morgan fingerprint density at radius 2 is 1.90 bits per heavy atom. The van der Waals surface area contributed by atoms with Crippen molar-refractivity contribution in [3.8, 4) is 5.75 Å². The minimum atomic E-state index is -1.01. The summed E-state index contributed by atoms with van der Waals surface area (Å²) < 4.78 is 13.1. The Balaban J connectivity index is 2.02. The third-order valence-corrected chi connectivity index (χ3v) is 3.40. The van der Waals surface area contributed by atoms with E-state index < -0.39 is 51.1 Å². The van der Waals surface area contributed by atoms with Crippen molar-refractivity contribution in [2.45, 2.75) is 0 Å². The molecule has 2 aromatic carbocycles. The molecule has 0 aliphatic heterocycles. The molecule has 13 heteroatoms. The highest BCUT2D eigenvalue weighted by Crippen LogP contribution is 2.33. The van der Waals surface area contributed by atoms with Crippen LogP contribution in [0.3, 0.4) is 0 Å². The number of hydrogen-bond acceptors (Lipinski definition) is 8. The molecular weight excluding hydrogens is 393 g/mol. The van der Waals surface area contributed by atoms with Gasteiger partial charge in [0, 0.05) is 11.6 Å². The molecule has 0 unspecified atom stereocenters. The number of benzene rings is 2. The molecule has 0 spiro atoms. The Bertz CT molecular complexity index is 1020. The normalized spacial score (nSPS) is 10.5. The van der Waals surface area contributed by atoms with Crippen LogP contribution in [-0.2, 0) is 4.79 Å². The van der Waals surface area contributed by atoms with Crippen LogP contribution in [0.25, 0.3) is 0 Å². The van der Waals surface area contributed by atoms with Crippen LogP contribution in [0.1, 0.15) is 15.9 Å². The monoisotopic (exact) mass is 405 g/mol. The molecule has 0 atom stereocenters. The molecule has 0 aliphatic rings. The fraction of sp³-hybridized carbons (Fsp3) is 0.0625. The van der Waals surface area contributed by atoms with Crippen molar-refractivity contribution in [1.29, 1.82) is 0 Å². The Morgan fingerprint density at radius 1 is 1.17 bits per heavy atom. The van der Waals surface area contributed by atoms with E-state index in [2.05, 4.69) is 10.4 Å². The summed E-state index contributed by atoms with van der Waals surface area (Å²) in [4.78, 5) is 43.2. The van der Waals surface area contributed by atoms with Crippen molar-refractivity contribution in [1.82, 2.24) is 10.7 Å². The quantitative estimate of drug-likeness (QED) is 0.352. The number of phenolic OH excluding ortho intramolecular Hbond substituents is 1. The standard InChI is InChI=1S/C16H12FN5O7/c17-11-3-1-2-9(4-11)16(25)18-8-14(23)20-19-7-10-5-12(21(26)27)6-13(15(10)24)22(28)29/h1-7,24H,8H2,(H,18,25)(H,20,23)/b19-7+. The molecule has 0 fully saturated rings. The molecule has 0 saturated heterocycles. The highest BCUT2D eigenvalue weighted by Gasteiger charge is 2.23. The number of amides is 2. The van der Waals surface area contributed by atoms with E-state index in [0.29, 0.717) is 6.07 Å². The summed E-state index contributed by atoms with van der Waals surface area (Å²) in [5.41, 5.74) is 0.0103. The van der Waals surface area contributed by atoms with Gasteiger partial charge >= 0.3 is 5.69 Å². The third-order valence-electron chi connectivity index (χ3n) is 3.40. The van der Waals surface area contributed by atoms with E-state index in [1.807, 2.05) is 5.43 Å². The van der Waals surface area contributed by atoms with E-state index >= 15 is 0 Å². The Labute approximate surface area is 161 Å². The predicted molar refractivity (Wildman–Crippen MR) is 95.9 cm³/mol. The zero-order chi connectivity index (χ0) is 21.6. The first kappa shape index (κ1) is 20.9. The molecule has 2 amide bonds. The number of nitrogens with one attached hydrogen (secondary N) is 2. The van der Waals surface area contributed by atoms with Crippen molar-refractivity contribution in [3.05, 3.63) is 73.6 Å². The fourth-order valence-corrected chi connectivity index (χ4v) is 2.07. The van der Waals surface area contributed by atoms with E-state index in [-0.39, 0.29) is 11.1 Å². The molecule has 3 N–H and O–H groups in total. The summed E-state index contributed by atoms with van der Waals surface area (Å²) in [6.45, 7) is -0.534. The number of nitrogens with zero attached hydrogens (tertiary/aromatic N) is 3. The molecule has 150 valence electrons. The van der Waals surface area contributed by atoms with E-state index in [0.717, 1.165) is 24.4 Å². The SMILES string of the molecule is O=C(CNC(=O)c1cccc(F)c1)N/N=C/c1cc([N+](=O)[O-])cc([N+](=O)[O-])c1O. The smallest absolute Gasteiger partial charge is 0.318 e. The van der Waals surface area contributed by atoms with Crippen LogP contribution >= 0.6 is 0 Å². The maximum atomic E-state index is 13.1. The molecule has 2 rings (SSSR count). The van der Waals surface area contributed by atoms with Crippen molar-refractivity contribution in [2.24, 2.45) is 5.10 Å². The highest BCUT2D eigenvalue weighted by atomic mass is 19.1. The summed E-state index contributed by atoms with van der Waals surface area (Å²) in [7, 11) is 0. The number of rotatable bonds is 7. The summed E-state index contributed by atoms with van der Waals surface area (Å²) in [6, 6.07) is 6.18. The van der Waals surface area contributed by atoms with E-state index in [1.165, 1.54) is 12.1 Å². The lowest BCUT2D eigenvalue weighted by molar-refractivity contribution is -0.394. The second-order valence-corrected chi connectivity index (χ2v) is 5.40. The van der Waals surface area contributed by atoms with Gasteiger partial charge in [-0.3, -0.25) is 29.8 Å². The molecule has 0 aromatic heterocycles. The minimum absolute atomic E-state index is 0.00451. The largest absolute Gasteiger partial charge is 0.502 e. The number of carbonyl (C=O) groups is 2. The van der Waals surface area contributed by atoms with Crippen LogP contribution < -0.4 is 10.7 Å². The third kappa shape index (κ3) is 5.53. The van der Waals surface area contributed by atoms with Crippen LogP contribution in [-0.4, -0.2) is 39.5 Å². The highest BCUT2D eigenvalue weighted by molar-refractivity contribution is 5.96. The fourth-order valence-electron chi connectivity index (χ4n) is 2.07. The molecule has 0 aliphatic carbocycles. The van der Waals surface area contributed by atoms with Gasteiger partial charge in [0.05, 0.1) is 34.2 Å². The minimum Gasteiger partial charge on any atom is -0.502 e. The number of carbonyl (C=O) groups excluding carboxylic acids is 2. The molecular formula is C16H12FN5O7. The molecule has 2 aromatic rings. The first-order valence-electron chi connectivity index (χ1n) is 7.70. The Morgan fingerprint density at radius 3 is 2.52 bits per heavy atom. The summed E-state index contributed by atoms with van der Waals surface area (Å²) in [5.74, 6) is -3.03. The van der Waals surface area contributed by atoms with Crippen LogP contribution in [0.4, 0.5) is 15.8 Å². The molecule has 0 saturated carbocycles. The van der Waals surface area contributed by atoms with Crippen LogP contribution in [0, 0.1) is 26.0 Å². The maximum Gasteiger partial charge on any atom is 0.318 e. The lowest BCUT2D eigenvalue weighted by Gasteiger charge is -2.04. The summed E-state index contributed by atoms with van der Waals surface area (Å²) in [5, 5.41) is 37.1. The first-order chi connectivity index (χ1) is 13.7. The van der Waals surface area contributed by atoms with Gasteiger partial charge in [0.2, 0.25) is 5.75 Å². The van der Waals surface area contributed by atoms with Gasteiger partial charge < -0.3 is 10.4 Å². The topological polar surface area (TPSA) is 177 Å². The average Bonchev–Trinajstić information content (AvgIpc) is 2.66. The van der Waals surface area contributed by atoms with Gasteiger partial charge in [-0.15, -0.1) is 0 Å². The van der Waals surface area contributed by atoms with Crippen LogP contribution in [0.2, 0.25) is 0 Å². The number of aromatic hydroxyl groups is 1. The Kier molecular flexibility index (Phi) is 6.47. The summed E-state index contributed by atoms with van der Waals surface area (Å²) in [6.07, 6.45) is 0.766. The van der Waals surface area contributed by atoms with Crippen LogP contribution in [0.15, 0.2) is 41.5 Å². The second-order valence-electron chi connectivity index (χ2n) is 5.40. The van der Waals surface area contributed by atoms with E-state index in [9.17, 15) is 39.3 Å². The number of hydrazone groups is 1. The van der Waals surface area contributed by atoms with Crippen molar-refractivity contribution in [2.75, 3.05) is 6.54 Å². The van der Waals surface area contributed by atoms with Gasteiger partial charge in [0.1, 0.15) is 5.82 Å². The van der Waals surface area contributed by atoms with Crippen LogP contribution in [0.5, 0.6) is 5.75 Å². The number of hydrogen-bond donors (Lipinski definition) is 3. The van der Waals surface area contributed by atoms with Crippen molar-refractivity contribution in [3.63, 3.8) is 0 Å². The maximum absolute atomic E-state index is 13.1. The Hall–Kier alpha value is -4.42.